The van der Waals surface area contributed by atoms with Crippen LogP contribution < -0.4 is 0 Å². The van der Waals surface area contributed by atoms with Crippen LogP contribution in [0, 0.1) is 26.7 Å². The summed E-state index contributed by atoms with van der Waals surface area (Å²) >= 11 is 1.22. The highest BCUT2D eigenvalue weighted by atomic mass is 32.2. The lowest BCUT2D eigenvalue weighted by Gasteiger charge is -2.29. The van der Waals surface area contributed by atoms with E-state index in [4.69, 9.17) is 4.74 Å². The Balaban J connectivity index is 1.70. The Hall–Kier alpha value is -2.55. The lowest BCUT2D eigenvalue weighted by Crippen LogP contribution is -2.32. The molecule has 0 fully saturated rings. The van der Waals surface area contributed by atoms with Gasteiger partial charge in [-0.05, 0) is 37.5 Å². The van der Waals surface area contributed by atoms with Gasteiger partial charge in [0.2, 0.25) is 0 Å². The first-order chi connectivity index (χ1) is 14.5. The number of alkyl halides is 3. The zero-order chi connectivity index (χ0) is 22.9. The molecule has 166 valence electrons. The van der Waals surface area contributed by atoms with Gasteiger partial charge in [0.25, 0.3) is 0 Å². The number of cyclic esters (lactones) is 1. The fourth-order valence-corrected chi connectivity index (χ4v) is 4.55. The van der Waals surface area contributed by atoms with E-state index >= 15 is 0 Å². The maximum Gasteiger partial charge on any atom is 0.434 e. The van der Waals surface area contributed by atoms with Gasteiger partial charge in [0.05, 0.1) is 12.4 Å². The molecule has 0 radical (unpaired) electrons. The largest absolute Gasteiger partial charge is 0.511 e. The number of ether oxygens (including phenoxy) is 1. The molecular formula is C22H23F3N2O3S. The number of nitrogens with zero attached hydrogens (tertiary/aromatic N) is 2. The van der Waals surface area contributed by atoms with Crippen LogP contribution in [0.2, 0.25) is 0 Å². The maximum atomic E-state index is 12.7. The van der Waals surface area contributed by atoms with Crippen molar-refractivity contribution in [1.29, 1.82) is 0 Å². The topological polar surface area (TPSA) is 72.3 Å². The van der Waals surface area contributed by atoms with Crippen LogP contribution >= 0.6 is 11.8 Å². The Morgan fingerprint density at radius 1 is 1.19 bits per heavy atom. The van der Waals surface area contributed by atoms with E-state index in [1.54, 1.807) is 0 Å². The number of carbonyl (C=O) groups is 1. The van der Waals surface area contributed by atoms with Crippen LogP contribution in [0.1, 0.15) is 41.3 Å². The summed E-state index contributed by atoms with van der Waals surface area (Å²) in [7, 11) is 0. The van der Waals surface area contributed by atoms with Crippen LogP contribution in [0.3, 0.4) is 0 Å². The molecule has 0 spiro atoms. The summed E-state index contributed by atoms with van der Waals surface area (Å²) in [5.41, 5.74) is 2.68. The summed E-state index contributed by atoms with van der Waals surface area (Å²) in [6.07, 6.45) is -3.13. The van der Waals surface area contributed by atoms with Crippen LogP contribution in [-0.4, -0.2) is 32.9 Å². The number of aliphatic hydroxyl groups is 1. The summed E-state index contributed by atoms with van der Waals surface area (Å²) in [5.74, 6) is -0.317. The number of hydrogen-bond acceptors (Lipinski definition) is 6. The monoisotopic (exact) mass is 452 g/mol. The molecule has 2 unspecified atom stereocenters. The molecule has 1 N–H and O–H groups in total. The second-order valence-corrected chi connectivity index (χ2v) is 8.81. The zero-order valence-corrected chi connectivity index (χ0v) is 18.4. The van der Waals surface area contributed by atoms with Gasteiger partial charge in [-0.15, -0.1) is 11.8 Å². The highest BCUT2D eigenvalue weighted by molar-refractivity contribution is 7.99. The van der Waals surface area contributed by atoms with Gasteiger partial charge in [0.1, 0.15) is 22.5 Å². The number of hydrogen-bond donors (Lipinski definition) is 1. The second-order valence-electron chi connectivity index (χ2n) is 7.77. The number of esters is 1. The van der Waals surface area contributed by atoms with E-state index in [0.717, 1.165) is 22.9 Å². The van der Waals surface area contributed by atoms with E-state index in [9.17, 15) is 23.1 Å². The number of rotatable bonds is 5. The Morgan fingerprint density at radius 3 is 2.35 bits per heavy atom. The molecule has 5 nitrogen and oxygen atoms in total. The van der Waals surface area contributed by atoms with Crippen molar-refractivity contribution in [2.24, 2.45) is 5.92 Å². The summed E-state index contributed by atoms with van der Waals surface area (Å²) in [4.78, 5) is 19.9. The Kier molecular flexibility index (Phi) is 6.64. The third kappa shape index (κ3) is 5.20. The number of thioether (sulfide) groups is 1. The summed E-state index contributed by atoms with van der Waals surface area (Å²) < 4.78 is 43.4. The van der Waals surface area contributed by atoms with Gasteiger partial charge in [-0.25, -0.2) is 14.8 Å². The van der Waals surface area contributed by atoms with Gasteiger partial charge in [-0.1, -0.05) is 24.6 Å². The molecule has 0 aliphatic carbocycles. The number of carbonyl (C=O) groups excluding carboxylic acids is 1. The summed E-state index contributed by atoms with van der Waals surface area (Å²) in [6.45, 7) is 7.59. The first kappa shape index (κ1) is 23.1. The minimum atomic E-state index is -4.53. The van der Waals surface area contributed by atoms with Gasteiger partial charge in [-0.2, -0.15) is 13.2 Å². The molecule has 0 amide bonds. The van der Waals surface area contributed by atoms with Crippen molar-refractivity contribution in [3.63, 3.8) is 0 Å². The fourth-order valence-electron chi connectivity index (χ4n) is 3.65. The first-order valence-corrected chi connectivity index (χ1v) is 10.7. The molecule has 1 aromatic carbocycles. The molecule has 0 saturated carbocycles. The normalized spacial score (nSPS) is 18.2. The van der Waals surface area contributed by atoms with Crippen molar-refractivity contribution in [3.05, 3.63) is 58.2 Å². The van der Waals surface area contributed by atoms with Gasteiger partial charge in [-0.3, -0.25) is 0 Å². The number of aromatic nitrogens is 2. The number of aryl methyl sites for hydroxylation is 3. The first-order valence-electron chi connectivity index (χ1n) is 9.70. The molecule has 9 heteroatoms. The van der Waals surface area contributed by atoms with Crippen molar-refractivity contribution < 1.29 is 27.8 Å². The van der Waals surface area contributed by atoms with Crippen LogP contribution in [0.25, 0.3) is 5.57 Å². The number of halogens is 3. The predicted molar refractivity (Wildman–Crippen MR) is 112 cm³/mol. The molecule has 1 aromatic heterocycles. The SMILES string of the molecule is Cc1cc(C)c(C2=C(O)CC(C(C)CSc3cnc(C(F)(F)F)cn3)OC2=O)c(C)c1. The molecule has 0 saturated heterocycles. The van der Waals surface area contributed by atoms with Gasteiger partial charge in [0.15, 0.2) is 5.69 Å². The minimum absolute atomic E-state index is 0.0116. The molecule has 2 heterocycles. The van der Waals surface area contributed by atoms with E-state index in [1.807, 2.05) is 39.8 Å². The van der Waals surface area contributed by atoms with Crippen molar-refractivity contribution in [2.75, 3.05) is 5.75 Å². The molecule has 0 bridgehead atoms. The third-order valence-corrected chi connectivity index (χ3v) is 6.32. The highest BCUT2D eigenvalue weighted by Gasteiger charge is 2.35. The van der Waals surface area contributed by atoms with Crippen molar-refractivity contribution in [3.8, 4) is 0 Å². The van der Waals surface area contributed by atoms with E-state index in [-0.39, 0.29) is 23.7 Å². The molecule has 2 aromatic rings. The second kappa shape index (κ2) is 8.90. The lowest BCUT2D eigenvalue weighted by molar-refractivity contribution is -0.146. The average molecular weight is 452 g/mol. The predicted octanol–water partition coefficient (Wildman–Crippen LogP) is 5.43. The standard InChI is InChI=1S/C22H23F3N2O3S/c1-11-5-12(2)19(13(3)6-11)20-15(28)7-16(30-21(20)29)14(4)10-31-18-9-26-17(8-27-18)22(23,24)25/h5-6,8-9,14,16,28H,7,10H2,1-4H3. The maximum absolute atomic E-state index is 12.7. The third-order valence-electron chi connectivity index (χ3n) is 5.12. The zero-order valence-electron chi connectivity index (χ0n) is 17.6. The van der Waals surface area contributed by atoms with Crippen LogP contribution in [0.5, 0.6) is 0 Å². The molecule has 3 rings (SSSR count). The van der Waals surface area contributed by atoms with Crippen molar-refractivity contribution in [1.82, 2.24) is 9.97 Å². The molecule has 31 heavy (non-hydrogen) atoms. The van der Waals surface area contributed by atoms with E-state index in [1.165, 1.54) is 11.8 Å². The number of benzene rings is 1. The number of aliphatic hydroxyl groups excluding tert-OH is 1. The Bertz CT molecular complexity index is 997. The fraction of sp³-hybridized carbons (Fsp3) is 0.409. The molecule has 2 atom stereocenters. The summed E-state index contributed by atoms with van der Waals surface area (Å²) in [5, 5.41) is 11.0. The van der Waals surface area contributed by atoms with Crippen LogP contribution in [0.4, 0.5) is 13.2 Å². The van der Waals surface area contributed by atoms with Gasteiger partial charge in [0, 0.05) is 18.1 Å². The Labute approximate surface area is 182 Å². The molecule has 1 aliphatic heterocycles. The molecular weight excluding hydrogens is 429 g/mol. The molecule has 1 aliphatic rings. The lowest BCUT2D eigenvalue weighted by atomic mass is 9.89. The quantitative estimate of drug-likeness (QED) is 0.482. The van der Waals surface area contributed by atoms with Gasteiger partial charge >= 0.3 is 12.1 Å². The van der Waals surface area contributed by atoms with Crippen LogP contribution in [0.15, 0.2) is 35.3 Å². The van der Waals surface area contributed by atoms with E-state index in [2.05, 4.69) is 9.97 Å². The highest BCUT2D eigenvalue weighted by Crippen LogP contribution is 2.35. The van der Waals surface area contributed by atoms with Gasteiger partial charge < -0.3 is 9.84 Å². The van der Waals surface area contributed by atoms with Crippen molar-refractivity contribution >= 4 is 23.3 Å². The van der Waals surface area contributed by atoms with Crippen LogP contribution in [-0.2, 0) is 15.7 Å². The smallest absolute Gasteiger partial charge is 0.434 e. The summed E-state index contributed by atoms with van der Waals surface area (Å²) in [6, 6.07) is 3.90. The van der Waals surface area contributed by atoms with E-state index in [0.29, 0.717) is 22.5 Å². The average Bonchev–Trinajstić information content (AvgIpc) is 2.67. The Morgan fingerprint density at radius 2 is 1.84 bits per heavy atom. The van der Waals surface area contributed by atoms with Crippen molar-refractivity contribution in [2.45, 2.75) is 51.4 Å². The van der Waals surface area contributed by atoms with E-state index < -0.39 is 23.9 Å². The minimum Gasteiger partial charge on any atom is -0.511 e.